The van der Waals surface area contributed by atoms with Crippen LogP contribution in [0.4, 0.5) is 0 Å². The van der Waals surface area contributed by atoms with Gasteiger partial charge in [-0.1, -0.05) is 6.92 Å². The Labute approximate surface area is 93.9 Å². The van der Waals surface area contributed by atoms with Crippen molar-refractivity contribution in [3.8, 4) is 5.75 Å². The van der Waals surface area contributed by atoms with E-state index in [0.717, 1.165) is 0 Å². The van der Waals surface area contributed by atoms with Gasteiger partial charge in [0.25, 0.3) is 0 Å². The molecule has 0 aromatic heterocycles. The predicted molar refractivity (Wildman–Crippen MR) is 58.7 cm³/mol. The van der Waals surface area contributed by atoms with E-state index in [-0.39, 0.29) is 12.2 Å². The number of hydrogen-bond donors (Lipinski definition) is 1. The lowest BCUT2D eigenvalue weighted by molar-refractivity contribution is -0.137. The van der Waals surface area contributed by atoms with E-state index in [1.807, 2.05) is 0 Å². The van der Waals surface area contributed by atoms with E-state index >= 15 is 0 Å². The third-order valence-electron chi connectivity index (χ3n) is 2.30. The molecule has 0 bridgehead atoms. The molecule has 0 spiro atoms. The Balaban J connectivity index is 2.75. The van der Waals surface area contributed by atoms with Crippen molar-refractivity contribution in [1.29, 1.82) is 0 Å². The summed E-state index contributed by atoms with van der Waals surface area (Å²) in [7, 11) is 1.55. The molecule has 0 fully saturated rings. The van der Waals surface area contributed by atoms with Crippen LogP contribution in [0.25, 0.3) is 0 Å². The smallest absolute Gasteiger partial charge is 0.304 e. The number of carbonyl (C=O) groups excluding carboxylic acids is 1. The molecule has 1 aromatic rings. The lowest BCUT2D eigenvalue weighted by Crippen LogP contribution is -2.15. The number of methoxy groups -OCH3 is 1. The lowest BCUT2D eigenvalue weighted by Gasteiger charge is -2.08. The molecule has 4 heteroatoms. The number of aliphatic carboxylic acids is 1. The van der Waals surface area contributed by atoms with E-state index in [9.17, 15) is 9.59 Å². The number of ketones is 1. The van der Waals surface area contributed by atoms with Crippen LogP contribution in [-0.2, 0) is 4.79 Å². The molecule has 1 aromatic carbocycles. The predicted octanol–water partition coefficient (Wildman–Crippen LogP) is 1.99. The van der Waals surface area contributed by atoms with Crippen LogP contribution < -0.4 is 4.74 Å². The molecule has 0 saturated carbocycles. The number of carboxylic acids is 1. The highest BCUT2D eigenvalue weighted by molar-refractivity contribution is 5.99. The fourth-order valence-corrected chi connectivity index (χ4v) is 1.39. The molecule has 0 heterocycles. The topological polar surface area (TPSA) is 63.6 Å². The van der Waals surface area contributed by atoms with Gasteiger partial charge >= 0.3 is 5.97 Å². The third kappa shape index (κ3) is 3.08. The van der Waals surface area contributed by atoms with Crippen LogP contribution in [0.2, 0.25) is 0 Å². The molecule has 1 atom stereocenters. The van der Waals surface area contributed by atoms with Gasteiger partial charge in [0.15, 0.2) is 5.78 Å². The lowest BCUT2D eigenvalue weighted by atomic mass is 9.96. The first-order valence-electron chi connectivity index (χ1n) is 4.94. The number of carboxylic acid groups (broad SMARTS) is 1. The fraction of sp³-hybridized carbons (Fsp3) is 0.333. The maximum atomic E-state index is 11.8. The first-order chi connectivity index (χ1) is 7.54. The molecular formula is C12H14O4. The summed E-state index contributed by atoms with van der Waals surface area (Å²) < 4.78 is 4.97. The van der Waals surface area contributed by atoms with Gasteiger partial charge in [-0.3, -0.25) is 9.59 Å². The molecule has 0 aliphatic carbocycles. The molecule has 0 aliphatic heterocycles. The van der Waals surface area contributed by atoms with Crippen molar-refractivity contribution >= 4 is 11.8 Å². The van der Waals surface area contributed by atoms with Crippen molar-refractivity contribution in [2.75, 3.05) is 7.11 Å². The molecule has 0 saturated heterocycles. The molecule has 86 valence electrons. The maximum absolute atomic E-state index is 11.8. The largest absolute Gasteiger partial charge is 0.497 e. The van der Waals surface area contributed by atoms with E-state index in [1.165, 1.54) is 0 Å². The number of benzene rings is 1. The van der Waals surface area contributed by atoms with Gasteiger partial charge < -0.3 is 9.84 Å². The standard InChI is InChI=1S/C12H14O4/c1-8(7-11(13)14)12(15)9-3-5-10(16-2)6-4-9/h3-6,8H,7H2,1-2H3,(H,13,14)/t8-/m0/s1. The number of carbonyl (C=O) groups is 2. The highest BCUT2D eigenvalue weighted by Gasteiger charge is 2.17. The Kier molecular flexibility index (Phi) is 4.05. The molecule has 0 unspecified atom stereocenters. The van der Waals surface area contributed by atoms with Crippen LogP contribution in [0.15, 0.2) is 24.3 Å². The average molecular weight is 222 g/mol. The zero-order chi connectivity index (χ0) is 12.1. The number of rotatable bonds is 5. The molecular weight excluding hydrogens is 208 g/mol. The second kappa shape index (κ2) is 5.30. The summed E-state index contributed by atoms with van der Waals surface area (Å²) in [6.07, 6.45) is -0.148. The Hall–Kier alpha value is -1.84. The van der Waals surface area contributed by atoms with Gasteiger partial charge in [-0.15, -0.1) is 0 Å². The average Bonchev–Trinajstić information content (AvgIpc) is 2.27. The summed E-state index contributed by atoms with van der Waals surface area (Å²) in [6.45, 7) is 1.61. The van der Waals surface area contributed by atoms with Crippen molar-refractivity contribution in [3.63, 3.8) is 0 Å². The van der Waals surface area contributed by atoms with Crippen LogP contribution >= 0.6 is 0 Å². The highest BCUT2D eigenvalue weighted by atomic mass is 16.5. The molecule has 0 radical (unpaired) electrons. The molecule has 1 N–H and O–H groups in total. The second-order valence-corrected chi connectivity index (χ2v) is 3.59. The van der Waals surface area contributed by atoms with Crippen molar-refractivity contribution in [2.24, 2.45) is 5.92 Å². The van der Waals surface area contributed by atoms with Gasteiger partial charge in [0.1, 0.15) is 5.75 Å². The Morgan fingerprint density at radius 3 is 2.31 bits per heavy atom. The Bertz CT molecular complexity index is 381. The quantitative estimate of drug-likeness (QED) is 0.774. The summed E-state index contributed by atoms with van der Waals surface area (Å²) in [5, 5.41) is 8.59. The first-order valence-corrected chi connectivity index (χ1v) is 4.94. The third-order valence-corrected chi connectivity index (χ3v) is 2.30. The molecule has 16 heavy (non-hydrogen) atoms. The van der Waals surface area contributed by atoms with E-state index in [1.54, 1.807) is 38.3 Å². The number of hydrogen-bond acceptors (Lipinski definition) is 3. The van der Waals surface area contributed by atoms with Crippen LogP contribution in [0.5, 0.6) is 5.75 Å². The van der Waals surface area contributed by atoms with Gasteiger partial charge in [0, 0.05) is 11.5 Å². The minimum absolute atomic E-state index is 0.148. The minimum atomic E-state index is -0.964. The number of ether oxygens (including phenoxy) is 1. The summed E-state index contributed by atoms with van der Waals surface area (Å²) >= 11 is 0. The zero-order valence-corrected chi connectivity index (χ0v) is 9.27. The molecule has 1 rings (SSSR count). The number of Topliss-reactive ketones (excluding diaryl/α,β-unsaturated/α-hetero) is 1. The first kappa shape index (κ1) is 12.2. The van der Waals surface area contributed by atoms with Gasteiger partial charge in [0.2, 0.25) is 0 Å². The van der Waals surface area contributed by atoms with Crippen molar-refractivity contribution in [3.05, 3.63) is 29.8 Å². The van der Waals surface area contributed by atoms with Crippen molar-refractivity contribution in [2.45, 2.75) is 13.3 Å². The van der Waals surface area contributed by atoms with E-state index in [2.05, 4.69) is 0 Å². The highest BCUT2D eigenvalue weighted by Crippen LogP contribution is 2.16. The van der Waals surface area contributed by atoms with Crippen LogP contribution in [0, 0.1) is 5.92 Å². The monoisotopic (exact) mass is 222 g/mol. The summed E-state index contributed by atoms with van der Waals surface area (Å²) in [6, 6.07) is 6.64. The SMILES string of the molecule is COc1ccc(C(=O)[C@@H](C)CC(=O)O)cc1. The van der Waals surface area contributed by atoms with Gasteiger partial charge in [-0.25, -0.2) is 0 Å². The maximum Gasteiger partial charge on any atom is 0.304 e. The van der Waals surface area contributed by atoms with Crippen LogP contribution in [0.3, 0.4) is 0 Å². The van der Waals surface area contributed by atoms with E-state index < -0.39 is 11.9 Å². The minimum Gasteiger partial charge on any atom is -0.497 e. The van der Waals surface area contributed by atoms with Crippen LogP contribution in [-0.4, -0.2) is 24.0 Å². The van der Waals surface area contributed by atoms with Gasteiger partial charge in [-0.05, 0) is 24.3 Å². The Morgan fingerprint density at radius 1 is 1.31 bits per heavy atom. The second-order valence-electron chi connectivity index (χ2n) is 3.59. The summed E-state index contributed by atoms with van der Waals surface area (Å²) in [4.78, 5) is 22.2. The van der Waals surface area contributed by atoms with E-state index in [0.29, 0.717) is 11.3 Å². The molecule has 0 amide bonds. The molecule has 0 aliphatic rings. The Morgan fingerprint density at radius 2 is 1.88 bits per heavy atom. The van der Waals surface area contributed by atoms with Crippen molar-refractivity contribution < 1.29 is 19.4 Å². The normalized spacial score (nSPS) is 11.9. The van der Waals surface area contributed by atoms with Crippen LogP contribution in [0.1, 0.15) is 23.7 Å². The molecule has 4 nitrogen and oxygen atoms in total. The van der Waals surface area contributed by atoms with E-state index in [4.69, 9.17) is 9.84 Å². The fourth-order valence-electron chi connectivity index (χ4n) is 1.39. The summed E-state index contributed by atoms with van der Waals surface area (Å²) in [5.74, 6) is -0.965. The summed E-state index contributed by atoms with van der Waals surface area (Å²) in [5.41, 5.74) is 0.509. The van der Waals surface area contributed by atoms with Gasteiger partial charge in [-0.2, -0.15) is 0 Å². The van der Waals surface area contributed by atoms with Crippen molar-refractivity contribution in [1.82, 2.24) is 0 Å². The van der Waals surface area contributed by atoms with Gasteiger partial charge in [0.05, 0.1) is 13.5 Å². The zero-order valence-electron chi connectivity index (χ0n) is 9.27.